The standard InChI is InChI=1S/C15H19N3OS/c16-8-10-4-3-5-11(10)15(19)17-9-14-18-12-6-1-2-7-13(12)20-14/h1-2,6-7,10-11H,3-5,8-9,16H2,(H,17,19). The molecule has 106 valence electrons. The van der Waals surface area contributed by atoms with E-state index in [0.29, 0.717) is 19.0 Å². The number of carbonyl (C=O) groups excluding carboxylic acids is 1. The van der Waals surface area contributed by atoms with Gasteiger partial charge in [0, 0.05) is 5.92 Å². The zero-order chi connectivity index (χ0) is 13.9. The Kier molecular flexibility index (Phi) is 3.98. The largest absolute Gasteiger partial charge is 0.349 e. The Morgan fingerprint density at radius 2 is 2.25 bits per heavy atom. The molecule has 5 heteroatoms. The Labute approximate surface area is 122 Å². The first kappa shape index (κ1) is 13.5. The summed E-state index contributed by atoms with van der Waals surface area (Å²) < 4.78 is 1.16. The monoisotopic (exact) mass is 289 g/mol. The highest BCUT2D eigenvalue weighted by molar-refractivity contribution is 7.18. The van der Waals surface area contributed by atoms with Crippen LogP contribution in [-0.2, 0) is 11.3 Å². The quantitative estimate of drug-likeness (QED) is 0.907. The number of hydrogen-bond acceptors (Lipinski definition) is 4. The molecule has 0 spiro atoms. The third kappa shape index (κ3) is 2.69. The molecule has 20 heavy (non-hydrogen) atoms. The summed E-state index contributed by atoms with van der Waals surface area (Å²) in [5.41, 5.74) is 6.73. The number of para-hydroxylation sites is 1. The second kappa shape index (κ2) is 5.89. The third-order valence-electron chi connectivity index (χ3n) is 4.05. The van der Waals surface area contributed by atoms with Gasteiger partial charge in [-0.15, -0.1) is 11.3 Å². The maximum atomic E-state index is 12.2. The number of nitrogens with zero attached hydrogens (tertiary/aromatic N) is 1. The topological polar surface area (TPSA) is 68.0 Å². The van der Waals surface area contributed by atoms with Crippen LogP contribution in [0.15, 0.2) is 24.3 Å². The zero-order valence-electron chi connectivity index (χ0n) is 11.3. The van der Waals surface area contributed by atoms with Gasteiger partial charge >= 0.3 is 0 Å². The smallest absolute Gasteiger partial charge is 0.223 e. The Balaban J connectivity index is 1.62. The molecule has 2 atom stereocenters. The van der Waals surface area contributed by atoms with Crippen LogP contribution in [0.3, 0.4) is 0 Å². The first-order chi connectivity index (χ1) is 9.78. The number of benzene rings is 1. The summed E-state index contributed by atoms with van der Waals surface area (Å²) in [6, 6.07) is 8.04. The fraction of sp³-hybridized carbons (Fsp3) is 0.467. The van der Waals surface area contributed by atoms with Crippen LogP contribution in [0, 0.1) is 11.8 Å². The number of aromatic nitrogens is 1. The number of carbonyl (C=O) groups is 1. The summed E-state index contributed by atoms with van der Waals surface area (Å²) in [6.45, 7) is 1.13. The minimum absolute atomic E-state index is 0.0920. The molecule has 1 aromatic carbocycles. The van der Waals surface area contributed by atoms with Crippen LogP contribution in [0.1, 0.15) is 24.3 Å². The van der Waals surface area contributed by atoms with E-state index in [4.69, 9.17) is 5.73 Å². The van der Waals surface area contributed by atoms with Gasteiger partial charge in [0.2, 0.25) is 5.91 Å². The molecule has 1 heterocycles. The molecule has 3 N–H and O–H groups in total. The maximum absolute atomic E-state index is 12.2. The van der Waals surface area contributed by atoms with Crippen molar-refractivity contribution in [1.82, 2.24) is 10.3 Å². The lowest BCUT2D eigenvalue weighted by Crippen LogP contribution is -2.34. The van der Waals surface area contributed by atoms with Crippen molar-refractivity contribution in [2.24, 2.45) is 17.6 Å². The molecule has 1 aromatic heterocycles. The molecule has 1 amide bonds. The summed E-state index contributed by atoms with van der Waals surface area (Å²) in [5.74, 6) is 0.581. The molecule has 1 aliphatic rings. The van der Waals surface area contributed by atoms with Gasteiger partial charge in [0.1, 0.15) is 5.01 Å². The minimum Gasteiger partial charge on any atom is -0.349 e. The number of amides is 1. The van der Waals surface area contributed by atoms with E-state index >= 15 is 0 Å². The first-order valence-corrected chi connectivity index (χ1v) is 7.92. The van der Waals surface area contributed by atoms with Gasteiger partial charge in [-0.2, -0.15) is 0 Å². The number of rotatable bonds is 4. The van der Waals surface area contributed by atoms with Gasteiger partial charge in [-0.1, -0.05) is 18.6 Å². The van der Waals surface area contributed by atoms with Crippen LogP contribution in [0.5, 0.6) is 0 Å². The van der Waals surface area contributed by atoms with Crippen LogP contribution in [0.4, 0.5) is 0 Å². The number of thiazole rings is 1. The molecule has 3 rings (SSSR count). The molecule has 1 saturated carbocycles. The van der Waals surface area contributed by atoms with Crippen molar-refractivity contribution in [3.63, 3.8) is 0 Å². The van der Waals surface area contributed by atoms with Crippen molar-refractivity contribution < 1.29 is 4.79 Å². The van der Waals surface area contributed by atoms with E-state index in [0.717, 1.165) is 34.5 Å². The van der Waals surface area contributed by atoms with Crippen molar-refractivity contribution in [1.29, 1.82) is 0 Å². The molecule has 2 unspecified atom stereocenters. The van der Waals surface area contributed by atoms with Crippen molar-refractivity contribution in [3.8, 4) is 0 Å². The summed E-state index contributed by atoms with van der Waals surface area (Å²) in [6.07, 6.45) is 3.16. The summed E-state index contributed by atoms with van der Waals surface area (Å²) >= 11 is 1.64. The zero-order valence-corrected chi connectivity index (χ0v) is 12.2. The number of nitrogens with one attached hydrogen (secondary N) is 1. The number of fused-ring (bicyclic) bond motifs is 1. The van der Waals surface area contributed by atoms with Crippen molar-refractivity contribution in [3.05, 3.63) is 29.3 Å². The molecule has 0 aliphatic heterocycles. The van der Waals surface area contributed by atoms with Crippen molar-refractivity contribution >= 4 is 27.5 Å². The number of nitrogens with two attached hydrogens (primary N) is 1. The molecular weight excluding hydrogens is 270 g/mol. The van der Waals surface area contributed by atoms with Gasteiger partial charge in [-0.25, -0.2) is 4.98 Å². The molecular formula is C15H19N3OS. The van der Waals surface area contributed by atoms with E-state index in [1.54, 1.807) is 11.3 Å². The first-order valence-electron chi connectivity index (χ1n) is 7.10. The lowest BCUT2D eigenvalue weighted by atomic mass is 9.95. The van der Waals surface area contributed by atoms with Crippen LogP contribution >= 0.6 is 11.3 Å². The van der Waals surface area contributed by atoms with Crippen molar-refractivity contribution in [2.45, 2.75) is 25.8 Å². The Bertz CT molecular complexity index is 577. The van der Waals surface area contributed by atoms with Gasteiger partial charge < -0.3 is 11.1 Å². The number of hydrogen-bond donors (Lipinski definition) is 2. The predicted molar refractivity (Wildman–Crippen MR) is 81.4 cm³/mol. The van der Waals surface area contributed by atoms with Gasteiger partial charge in [0.05, 0.1) is 16.8 Å². The van der Waals surface area contributed by atoms with Crippen LogP contribution < -0.4 is 11.1 Å². The summed E-state index contributed by atoms with van der Waals surface area (Å²) in [4.78, 5) is 16.7. The summed E-state index contributed by atoms with van der Waals surface area (Å²) in [7, 11) is 0. The van der Waals surface area contributed by atoms with Gasteiger partial charge in [-0.05, 0) is 37.4 Å². The Hall–Kier alpha value is -1.46. The third-order valence-corrected chi connectivity index (χ3v) is 5.09. The molecule has 0 saturated heterocycles. The van der Waals surface area contributed by atoms with Crippen LogP contribution in [0.2, 0.25) is 0 Å². The maximum Gasteiger partial charge on any atom is 0.223 e. The average molecular weight is 289 g/mol. The summed E-state index contributed by atoms with van der Waals surface area (Å²) in [5, 5.41) is 3.98. The van der Waals surface area contributed by atoms with E-state index in [-0.39, 0.29) is 11.8 Å². The lowest BCUT2D eigenvalue weighted by molar-refractivity contribution is -0.126. The van der Waals surface area contributed by atoms with Crippen molar-refractivity contribution in [2.75, 3.05) is 6.54 Å². The lowest BCUT2D eigenvalue weighted by Gasteiger charge is -2.16. The molecule has 0 radical (unpaired) electrons. The molecule has 1 aliphatic carbocycles. The minimum atomic E-state index is 0.0920. The average Bonchev–Trinajstić information content (AvgIpc) is 3.10. The second-order valence-electron chi connectivity index (χ2n) is 5.33. The molecule has 0 bridgehead atoms. The van der Waals surface area contributed by atoms with E-state index in [1.807, 2.05) is 18.2 Å². The van der Waals surface area contributed by atoms with Crippen LogP contribution in [0.25, 0.3) is 10.2 Å². The van der Waals surface area contributed by atoms with Gasteiger partial charge in [0.25, 0.3) is 0 Å². The highest BCUT2D eigenvalue weighted by atomic mass is 32.1. The Morgan fingerprint density at radius 3 is 3.05 bits per heavy atom. The highest BCUT2D eigenvalue weighted by Crippen LogP contribution is 2.31. The molecule has 4 nitrogen and oxygen atoms in total. The van der Waals surface area contributed by atoms with Gasteiger partial charge in [-0.3, -0.25) is 4.79 Å². The predicted octanol–water partition coefficient (Wildman–Crippen LogP) is 2.29. The van der Waals surface area contributed by atoms with E-state index in [1.165, 1.54) is 0 Å². The van der Waals surface area contributed by atoms with E-state index < -0.39 is 0 Å². The fourth-order valence-corrected chi connectivity index (χ4v) is 3.86. The van der Waals surface area contributed by atoms with Gasteiger partial charge in [0.15, 0.2) is 0 Å². The SMILES string of the molecule is NCC1CCCC1C(=O)NCc1nc2ccccc2s1. The fourth-order valence-electron chi connectivity index (χ4n) is 2.95. The Morgan fingerprint density at radius 1 is 1.40 bits per heavy atom. The molecule has 2 aromatic rings. The highest BCUT2D eigenvalue weighted by Gasteiger charge is 2.31. The second-order valence-corrected chi connectivity index (χ2v) is 6.44. The van der Waals surface area contributed by atoms with Crippen LogP contribution in [-0.4, -0.2) is 17.4 Å². The van der Waals surface area contributed by atoms with E-state index in [2.05, 4.69) is 16.4 Å². The normalized spacial score (nSPS) is 22.2. The van der Waals surface area contributed by atoms with E-state index in [9.17, 15) is 4.79 Å². The molecule has 1 fully saturated rings.